The number of nitrogens with zero attached hydrogens (tertiary/aromatic N) is 4. The number of benzene rings is 1. The van der Waals surface area contributed by atoms with Crippen LogP contribution >= 0.6 is 12.4 Å². The van der Waals surface area contributed by atoms with Gasteiger partial charge in [-0.2, -0.15) is 0 Å². The number of rotatable bonds is 4. The lowest BCUT2D eigenvalue weighted by atomic mass is 10.1. The lowest BCUT2D eigenvalue weighted by Crippen LogP contribution is -2.78. The van der Waals surface area contributed by atoms with Crippen molar-refractivity contribution in [1.29, 1.82) is 0 Å². The number of carbonyl (C=O) groups is 1. The second-order valence-electron chi connectivity index (χ2n) is 6.68. The van der Waals surface area contributed by atoms with Crippen LogP contribution in [0.3, 0.4) is 0 Å². The number of methoxy groups -OCH3 is 1. The second kappa shape index (κ2) is 5.92. The third kappa shape index (κ3) is 2.90. The minimum atomic E-state index is -1.19. The van der Waals surface area contributed by atoms with Gasteiger partial charge in [-0.1, -0.05) is 0 Å². The molecule has 0 radical (unpaired) electrons. The van der Waals surface area contributed by atoms with Gasteiger partial charge in [0.15, 0.2) is 0 Å². The van der Waals surface area contributed by atoms with Gasteiger partial charge in [0.25, 0.3) is 0 Å². The zero-order chi connectivity index (χ0) is 15.3. The molecule has 0 amide bonds. The fourth-order valence-electron chi connectivity index (χ4n) is 4.21. The average Bonchev–Trinajstić information content (AvgIpc) is 2.45. The van der Waals surface area contributed by atoms with Crippen LogP contribution in [0.2, 0.25) is 0 Å². The fourth-order valence-corrected chi connectivity index (χ4v) is 4.21. The molecular weight excluding hydrogens is 320 g/mol. The summed E-state index contributed by atoms with van der Waals surface area (Å²) in [7, 11) is 1.48. The highest BCUT2D eigenvalue weighted by molar-refractivity contribution is 5.89. The van der Waals surface area contributed by atoms with E-state index in [1.54, 1.807) is 12.1 Å². The molecule has 8 heteroatoms. The highest BCUT2D eigenvalue weighted by atomic mass is 35.5. The monoisotopic (exact) mass is 340 g/mol. The normalized spacial score (nSPS) is 34.0. The summed E-state index contributed by atoms with van der Waals surface area (Å²) in [4.78, 5) is 18.6. The van der Waals surface area contributed by atoms with E-state index in [2.05, 4.69) is 14.7 Å². The third-order valence-electron chi connectivity index (χ3n) is 4.70. The highest BCUT2D eigenvalue weighted by Gasteiger charge is 2.48. The summed E-state index contributed by atoms with van der Waals surface area (Å²) in [5.41, 5.74) is 1.15. The number of ether oxygens (including phenoxy) is 1. The Kier molecular flexibility index (Phi) is 4.24. The Labute approximate surface area is 141 Å². The fraction of sp³-hybridized carbons (Fsp3) is 0.533. The van der Waals surface area contributed by atoms with Crippen molar-refractivity contribution in [3.05, 3.63) is 29.3 Å². The van der Waals surface area contributed by atoms with Crippen LogP contribution in [-0.4, -0.2) is 72.3 Å². The van der Waals surface area contributed by atoms with Gasteiger partial charge in [-0.3, -0.25) is 4.48 Å². The van der Waals surface area contributed by atoms with Gasteiger partial charge in [-0.05, 0) is 18.2 Å². The van der Waals surface area contributed by atoms with Crippen molar-refractivity contribution >= 4 is 18.4 Å². The average molecular weight is 341 g/mol. The molecule has 126 valence electrons. The van der Waals surface area contributed by atoms with Gasteiger partial charge in [0.1, 0.15) is 32.3 Å². The molecule has 4 aliphatic rings. The molecule has 0 saturated carbocycles. The van der Waals surface area contributed by atoms with E-state index in [0.29, 0.717) is 5.75 Å². The van der Waals surface area contributed by atoms with Gasteiger partial charge in [0, 0.05) is 11.1 Å². The smallest absolute Gasteiger partial charge is 0.139 e. The third-order valence-corrected chi connectivity index (χ3v) is 4.70. The van der Waals surface area contributed by atoms with Crippen molar-refractivity contribution in [3.63, 3.8) is 0 Å². The molecule has 1 aromatic rings. The summed E-state index contributed by atoms with van der Waals surface area (Å²) in [6.07, 6.45) is 0. The van der Waals surface area contributed by atoms with Gasteiger partial charge in [-0.15, -0.1) is 12.4 Å². The first-order chi connectivity index (χ1) is 10.6. The summed E-state index contributed by atoms with van der Waals surface area (Å²) in [6.45, 7) is 7.04. The van der Waals surface area contributed by atoms with Crippen molar-refractivity contribution in [2.75, 3.05) is 47.1 Å². The Morgan fingerprint density at radius 3 is 2.22 bits per heavy atom. The Morgan fingerprint density at radius 2 is 1.74 bits per heavy atom. The summed E-state index contributed by atoms with van der Waals surface area (Å²) < 4.78 is 6.05. The summed E-state index contributed by atoms with van der Waals surface area (Å²) in [5, 5.41) is 11.3. The van der Waals surface area contributed by atoms with E-state index in [4.69, 9.17) is 4.74 Å². The number of aromatic carboxylic acids is 1. The SMILES string of the molecule is COc1ccc(C[N+]23CN4CN(CN(C4)C2)C3)cc1C(=O)[O-].Cl. The maximum atomic E-state index is 11.3. The molecule has 0 unspecified atom stereocenters. The maximum absolute atomic E-state index is 11.3. The lowest BCUT2D eigenvalue weighted by Gasteiger charge is -2.60. The van der Waals surface area contributed by atoms with E-state index < -0.39 is 5.97 Å². The van der Waals surface area contributed by atoms with E-state index in [1.807, 2.05) is 6.07 Å². The van der Waals surface area contributed by atoms with Crippen molar-refractivity contribution in [3.8, 4) is 5.75 Å². The van der Waals surface area contributed by atoms with Crippen LogP contribution < -0.4 is 9.84 Å². The van der Waals surface area contributed by atoms with Crippen LogP contribution in [0.4, 0.5) is 0 Å². The van der Waals surface area contributed by atoms with Gasteiger partial charge in [-0.25, -0.2) is 14.7 Å². The summed E-state index contributed by atoms with van der Waals surface area (Å²) >= 11 is 0. The number of hydrogen-bond donors (Lipinski definition) is 0. The standard InChI is InChI=1S/C15H20N4O3.ClH/c1-22-14-3-2-12(4-13(14)15(20)21)5-19-9-16-6-17(10-19)8-18(7-16)11-19;/h2-4H,5-11H2,1H3;1H. The number of carboxylic acid groups (broad SMARTS) is 1. The molecule has 4 heterocycles. The molecule has 23 heavy (non-hydrogen) atoms. The van der Waals surface area contributed by atoms with Gasteiger partial charge >= 0.3 is 0 Å². The summed E-state index contributed by atoms with van der Waals surface area (Å²) in [5.74, 6) is -0.828. The molecule has 0 aromatic heterocycles. The number of carboxylic acids is 1. The van der Waals surface area contributed by atoms with Gasteiger partial charge < -0.3 is 14.6 Å². The van der Waals surface area contributed by atoms with E-state index in [0.717, 1.165) is 56.6 Å². The molecule has 0 N–H and O–H groups in total. The van der Waals surface area contributed by atoms with Crippen molar-refractivity contribution in [2.24, 2.45) is 0 Å². The molecule has 0 atom stereocenters. The number of hydrogen-bond acceptors (Lipinski definition) is 6. The first kappa shape index (κ1) is 16.5. The molecule has 5 rings (SSSR count). The molecular formula is C15H21ClN4O3. The summed E-state index contributed by atoms with van der Waals surface area (Å²) in [6, 6.07) is 5.39. The molecule has 7 nitrogen and oxygen atoms in total. The minimum Gasteiger partial charge on any atom is -0.545 e. The molecule has 0 aliphatic carbocycles. The van der Waals surface area contributed by atoms with Crippen LogP contribution in [0.25, 0.3) is 0 Å². The predicted octanol–water partition coefficient (Wildman–Crippen LogP) is -0.511. The quantitative estimate of drug-likeness (QED) is 0.688. The van der Waals surface area contributed by atoms with E-state index in [9.17, 15) is 9.90 Å². The number of halogens is 1. The maximum Gasteiger partial charge on any atom is 0.139 e. The van der Waals surface area contributed by atoms with E-state index >= 15 is 0 Å². The Balaban J connectivity index is 0.00000156. The molecule has 4 bridgehead atoms. The number of quaternary nitrogens is 1. The minimum absolute atomic E-state index is 0. The largest absolute Gasteiger partial charge is 0.545 e. The van der Waals surface area contributed by atoms with Crippen LogP contribution in [0.1, 0.15) is 15.9 Å². The second-order valence-corrected chi connectivity index (χ2v) is 6.68. The topological polar surface area (TPSA) is 59.1 Å². The Hall–Kier alpha value is -1.38. The first-order valence-corrected chi connectivity index (χ1v) is 7.47. The van der Waals surface area contributed by atoms with Gasteiger partial charge in [0.05, 0.1) is 33.1 Å². The number of carbonyl (C=O) groups excluding carboxylic acids is 1. The van der Waals surface area contributed by atoms with Gasteiger partial charge in [0.2, 0.25) is 0 Å². The first-order valence-electron chi connectivity index (χ1n) is 7.47. The van der Waals surface area contributed by atoms with E-state index in [1.165, 1.54) is 7.11 Å². The zero-order valence-corrected chi connectivity index (χ0v) is 13.9. The van der Waals surface area contributed by atoms with Crippen LogP contribution in [0.15, 0.2) is 18.2 Å². The lowest BCUT2D eigenvalue weighted by molar-refractivity contribution is -0.991. The highest BCUT2D eigenvalue weighted by Crippen LogP contribution is 2.31. The Morgan fingerprint density at radius 1 is 1.17 bits per heavy atom. The molecule has 4 aliphatic heterocycles. The zero-order valence-electron chi connectivity index (χ0n) is 13.1. The van der Waals surface area contributed by atoms with Crippen LogP contribution in [0.5, 0.6) is 5.75 Å². The van der Waals surface area contributed by atoms with Crippen molar-refractivity contribution in [2.45, 2.75) is 6.54 Å². The van der Waals surface area contributed by atoms with Crippen molar-refractivity contribution < 1.29 is 19.1 Å². The Bertz CT molecular complexity index is 589. The molecule has 4 saturated heterocycles. The molecule has 1 aromatic carbocycles. The molecule has 4 fully saturated rings. The van der Waals surface area contributed by atoms with E-state index in [-0.39, 0.29) is 18.0 Å². The predicted molar refractivity (Wildman–Crippen MR) is 83.3 cm³/mol. The van der Waals surface area contributed by atoms with Crippen molar-refractivity contribution in [1.82, 2.24) is 14.7 Å². The van der Waals surface area contributed by atoms with Crippen LogP contribution in [0, 0.1) is 0 Å². The molecule has 0 spiro atoms. The van der Waals surface area contributed by atoms with Crippen LogP contribution in [-0.2, 0) is 6.54 Å².